The fraction of sp³-hybridized carbons (Fsp3) is 0.364. The van der Waals surface area contributed by atoms with Gasteiger partial charge >= 0.3 is 0 Å². The molecule has 1 aliphatic rings. The Balaban J connectivity index is 2.23. The van der Waals surface area contributed by atoms with Gasteiger partial charge in [0, 0.05) is 5.69 Å². The Kier molecular flexibility index (Phi) is 2.02. The van der Waals surface area contributed by atoms with Gasteiger partial charge in [-0.05, 0) is 37.3 Å². The van der Waals surface area contributed by atoms with Crippen LogP contribution in [0.1, 0.15) is 33.9 Å². The van der Waals surface area contributed by atoms with E-state index in [2.05, 4.69) is 16.0 Å². The SMILES string of the molecule is O=Cc1nc2cc3c(nc2s1)CCCC3. The van der Waals surface area contributed by atoms with Gasteiger partial charge < -0.3 is 0 Å². The lowest BCUT2D eigenvalue weighted by molar-refractivity contribution is 0.112. The molecule has 0 aromatic carbocycles. The summed E-state index contributed by atoms with van der Waals surface area (Å²) in [5.41, 5.74) is 3.40. The van der Waals surface area contributed by atoms with Gasteiger partial charge in [0.05, 0.1) is 0 Å². The molecule has 0 fully saturated rings. The number of carbonyl (C=O) groups excluding carboxylic acids is 1. The first-order valence-corrected chi connectivity index (χ1v) is 5.93. The number of aromatic nitrogens is 2. The second kappa shape index (κ2) is 3.38. The van der Waals surface area contributed by atoms with Crippen LogP contribution in [0.3, 0.4) is 0 Å². The van der Waals surface area contributed by atoms with E-state index in [0.717, 1.165) is 29.5 Å². The Labute approximate surface area is 91.2 Å². The molecule has 0 atom stereocenters. The zero-order valence-corrected chi connectivity index (χ0v) is 9.01. The maximum atomic E-state index is 10.6. The number of aldehydes is 1. The van der Waals surface area contributed by atoms with Crippen LogP contribution in [0.4, 0.5) is 0 Å². The van der Waals surface area contributed by atoms with Crippen molar-refractivity contribution in [2.75, 3.05) is 0 Å². The zero-order chi connectivity index (χ0) is 10.3. The fourth-order valence-electron chi connectivity index (χ4n) is 2.05. The van der Waals surface area contributed by atoms with Gasteiger partial charge in [0.1, 0.15) is 10.3 Å². The Bertz CT molecular complexity index is 490. The Morgan fingerprint density at radius 3 is 3.00 bits per heavy atom. The lowest BCUT2D eigenvalue weighted by Gasteiger charge is -2.13. The molecule has 0 radical (unpaired) electrons. The molecule has 0 amide bonds. The minimum absolute atomic E-state index is 0.528. The second-order valence-electron chi connectivity index (χ2n) is 3.80. The Hall–Kier alpha value is -1.29. The first kappa shape index (κ1) is 8.97. The summed E-state index contributed by atoms with van der Waals surface area (Å²) in [5.74, 6) is 0. The van der Waals surface area contributed by atoms with Crippen molar-refractivity contribution >= 4 is 28.0 Å². The third-order valence-corrected chi connectivity index (χ3v) is 3.67. The molecule has 3 rings (SSSR count). The number of aryl methyl sites for hydroxylation is 2. The highest BCUT2D eigenvalue weighted by Gasteiger charge is 2.13. The number of hydrogen-bond donors (Lipinski definition) is 0. The molecule has 2 aromatic heterocycles. The summed E-state index contributed by atoms with van der Waals surface area (Å²) in [6.45, 7) is 0. The van der Waals surface area contributed by atoms with Crippen molar-refractivity contribution in [3.63, 3.8) is 0 Å². The molecule has 76 valence electrons. The molecule has 0 saturated carbocycles. The number of rotatable bonds is 1. The van der Waals surface area contributed by atoms with Gasteiger partial charge in [-0.25, -0.2) is 9.97 Å². The molecule has 0 saturated heterocycles. The second-order valence-corrected chi connectivity index (χ2v) is 4.80. The minimum Gasteiger partial charge on any atom is -0.295 e. The first-order valence-electron chi connectivity index (χ1n) is 5.11. The third kappa shape index (κ3) is 1.45. The molecule has 1 aliphatic carbocycles. The predicted molar refractivity (Wildman–Crippen MR) is 59.4 cm³/mol. The number of carbonyl (C=O) groups is 1. The van der Waals surface area contributed by atoms with Crippen LogP contribution >= 0.6 is 11.3 Å². The van der Waals surface area contributed by atoms with Crippen LogP contribution in [-0.2, 0) is 12.8 Å². The summed E-state index contributed by atoms with van der Waals surface area (Å²) in [7, 11) is 0. The molecule has 0 N–H and O–H groups in total. The average Bonchev–Trinajstić information content (AvgIpc) is 2.67. The standard InChI is InChI=1S/C11H10N2OS/c14-6-10-12-9-5-7-3-1-2-4-8(7)13-11(9)15-10/h5-6H,1-4H2. The quantitative estimate of drug-likeness (QED) is 0.690. The minimum atomic E-state index is 0.528. The van der Waals surface area contributed by atoms with E-state index in [-0.39, 0.29) is 0 Å². The van der Waals surface area contributed by atoms with E-state index >= 15 is 0 Å². The maximum absolute atomic E-state index is 10.6. The zero-order valence-electron chi connectivity index (χ0n) is 8.19. The molecule has 0 bridgehead atoms. The fourth-order valence-corrected chi connectivity index (χ4v) is 2.80. The average molecular weight is 218 g/mol. The van der Waals surface area contributed by atoms with Gasteiger partial charge in [-0.2, -0.15) is 0 Å². The molecule has 0 unspecified atom stereocenters. The van der Waals surface area contributed by atoms with E-state index in [1.165, 1.54) is 35.4 Å². The van der Waals surface area contributed by atoms with E-state index in [4.69, 9.17) is 0 Å². The van der Waals surface area contributed by atoms with Gasteiger partial charge in [0.25, 0.3) is 0 Å². The summed E-state index contributed by atoms with van der Waals surface area (Å²) in [4.78, 5) is 20.3. The van der Waals surface area contributed by atoms with Crippen LogP contribution in [0, 0.1) is 0 Å². The molecular weight excluding hydrogens is 208 g/mol. The summed E-state index contributed by atoms with van der Waals surface area (Å²) < 4.78 is 0. The topological polar surface area (TPSA) is 42.9 Å². The monoisotopic (exact) mass is 218 g/mol. The largest absolute Gasteiger partial charge is 0.295 e. The summed E-state index contributed by atoms with van der Waals surface area (Å²) in [6.07, 6.45) is 5.44. The number of fused-ring (bicyclic) bond motifs is 2. The lowest BCUT2D eigenvalue weighted by Crippen LogP contribution is -2.04. The van der Waals surface area contributed by atoms with Gasteiger partial charge in [0.15, 0.2) is 11.3 Å². The molecule has 3 nitrogen and oxygen atoms in total. The molecule has 2 heterocycles. The van der Waals surface area contributed by atoms with Crippen LogP contribution < -0.4 is 0 Å². The van der Waals surface area contributed by atoms with Crippen LogP contribution in [0.25, 0.3) is 10.3 Å². The molecule has 4 heteroatoms. The lowest BCUT2D eigenvalue weighted by atomic mass is 9.96. The van der Waals surface area contributed by atoms with Crippen LogP contribution in [-0.4, -0.2) is 16.3 Å². The first-order chi connectivity index (χ1) is 7.36. The molecule has 15 heavy (non-hydrogen) atoms. The van der Waals surface area contributed by atoms with Crippen LogP contribution in [0.5, 0.6) is 0 Å². The van der Waals surface area contributed by atoms with E-state index in [9.17, 15) is 4.79 Å². The smallest absolute Gasteiger partial charge is 0.178 e. The van der Waals surface area contributed by atoms with Crippen LogP contribution in [0.2, 0.25) is 0 Å². The van der Waals surface area contributed by atoms with Crippen molar-refractivity contribution in [3.8, 4) is 0 Å². The van der Waals surface area contributed by atoms with Crippen molar-refractivity contribution in [2.24, 2.45) is 0 Å². The van der Waals surface area contributed by atoms with Crippen molar-refractivity contribution in [2.45, 2.75) is 25.7 Å². The highest BCUT2D eigenvalue weighted by molar-refractivity contribution is 7.19. The van der Waals surface area contributed by atoms with Crippen molar-refractivity contribution < 1.29 is 4.79 Å². The molecular formula is C11H10N2OS. The Morgan fingerprint density at radius 2 is 2.13 bits per heavy atom. The van der Waals surface area contributed by atoms with E-state index in [1.54, 1.807) is 0 Å². The van der Waals surface area contributed by atoms with Crippen molar-refractivity contribution in [1.29, 1.82) is 0 Å². The summed E-state index contributed by atoms with van der Waals surface area (Å²) >= 11 is 1.38. The molecule has 0 aliphatic heterocycles. The summed E-state index contributed by atoms with van der Waals surface area (Å²) in [5, 5.41) is 0.528. The van der Waals surface area contributed by atoms with Gasteiger partial charge in [-0.15, -0.1) is 0 Å². The third-order valence-electron chi connectivity index (χ3n) is 2.78. The Morgan fingerprint density at radius 1 is 1.27 bits per heavy atom. The maximum Gasteiger partial charge on any atom is 0.178 e. The van der Waals surface area contributed by atoms with Gasteiger partial charge in [-0.3, -0.25) is 4.79 Å². The van der Waals surface area contributed by atoms with Crippen molar-refractivity contribution in [1.82, 2.24) is 9.97 Å². The van der Waals surface area contributed by atoms with Crippen LogP contribution in [0.15, 0.2) is 6.07 Å². The number of thiazole rings is 1. The molecule has 0 spiro atoms. The number of pyridine rings is 1. The number of nitrogens with zero attached hydrogens (tertiary/aromatic N) is 2. The number of hydrogen-bond acceptors (Lipinski definition) is 4. The van der Waals surface area contributed by atoms with E-state index in [0.29, 0.717) is 5.01 Å². The van der Waals surface area contributed by atoms with Crippen molar-refractivity contribution in [3.05, 3.63) is 22.3 Å². The normalized spacial score (nSPS) is 15.2. The highest BCUT2D eigenvalue weighted by Crippen LogP contribution is 2.26. The molecule has 2 aromatic rings. The predicted octanol–water partition coefficient (Wildman–Crippen LogP) is 2.38. The van der Waals surface area contributed by atoms with Gasteiger partial charge in [-0.1, -0.05) is 11.3 Å². The highest BCUT2D eigenvalue weighted by atomic mass is 32.1. The van der Waals surface area contributed by atoms with E-state index < -0.39 is 0 Å². The summed E-state index contributed by atoms with van der Waals surface area (Å²) in [6, 6.07) is 2.10. The van der Waals surface area contributed by atoms with E-state index in [1.807, 2.05) is 0 Å². The van der Waals surface area contributed by atoms with Gasteiger partial charge in [0.2, 0.25) is 0 Å².